The monoisotopic (exact) mass is 279 g/mol. The van der Waals surface area contributed by atoms with E-state index in [9.17, 15) is 0 Å². The lowest BCUT2D eigenvalue weighted by molar-refractivity contribution is -0.876. The molecule has 1 aliphatic heterocycles. The molecule has 2 aromatic rings. The Bertz CT molecular complexity index is 561. The third-order valence-corrected chi connectivity index (χ3v) is 4.41. The molecule has 108 valence electrons. The van der Waals surface area contributed by atoms with Gasteiger partial charge in [0.1, 0.15) is 12.2 Å². The van der Waals surface area contributed by atoms with Gasteiger partial charge in [-0.2, -0.15) is 0 Å². The molecule has 1 aliphatic rings. The Labute approximate surface area is 127 Å². The quantitative estimate of drug-likeness (QED) is 0.904. The Kier molecular flexibility index (Phi) is 4.07. The van der Waals surface area contributed by atoms with Crippen LogP contribution in [-0.2, 0) is 13.1 Å². The van der Waals surface area contributed by atoms with Gasteiger partial charge in [0, 0.05) is 19.0 Å². The zero-order valence-corrected chi connectivity index (χ0v) is 12.8. The molecule has 0 spiro atoms. The standard InChI is InChI=1S/C19H22N2/c1-16-17(2)21(14-19-11-7-4-8-12-19)15-20(16)13-18-9-5-3-6-10-18/h3-12H,13-15H2,1-2H3/p+1. The fourth-order valence-corrected chi connectivity index (χ4v) is 2.97. The van der Waals surface area contributed by atoms with Crippen molar-refractivity contribution >= 4 is 0 Å². The van der Waals surface area contributed by atoms with Gasteiger partial charge in [0.15, 0.2) is 6.67 Å². The SMILES string of the molecule is CC1=C(C)[NH+](Cc2ccccc2)CN1Cc1ccccc1. The fraction of sp³-hybridized carbons (Fsp3) is 0.263. The molecule has 0 amide bonds. The highest BCUT2D eigenvalue weighted by molar-refractivity contribution is 5.17. The predicted molar refractivity (Wildman–Crippen MR) is 86.3 cm³/mol. The van der Waals surface area contributed by atoms with Crippen molar-refractivity contribution in [2.24, 2.45) is 0 Å². The average molecular weight is 279 g/mol. The summed E-state index contributed by atoms with van der Waals surface area (Å²) in [7, 11) is 0. The lowest BCUT2D eigenvalue weighted by Gasteiger charge is -2.19. The molecular formula is C19H23N2+. The van der Waals surface area contributed by atoms with Gasteiger partial charge in [-0.3, -0.25) is 4.90 Å². The molecule has 0 saturated heterocycles. The van der Waals surface area contributed by atoms with E-state index in [1.165, 1.54) is 22.5 Å². The van der Waals surface area contributed by atoms with Gasteiger partial charge < -0.3 is 4.90 Å². The second kappa shape index (κ2) is 6.15. The van der Waals surface area contributed by atoms with Gasteiger partial charge in [0.05, 0.1) is 5.70 Å². The summed E-state index contributed by atoms with van der Waals surface area (Å²) in [6.07, 6.45) is 0. The van der Waals surface area contributed by atoms with Gasteiger partial charge in [0.25, 0.3) is 0 Å². The number of hydrogen-bond donors (Lipinski definition) is 1. The minimum atomic E-state index is 1.00. The summed E-state index contributed by atoms with van der Waals surface area (Å²) in [4.78, 5) is 4.04. The highest BCUT2D eigenvalue weighted by atomic mass is 15.4. The molecule has 3 rings (SSSR count). The van der Waals surface area contributed by atoms with E-state index in [2.05, 4.69) is 79.4 Å². The largest absolute Gasteiger partial charge is 0.319 e. The van der Waals surface area contributed by atoms with Crippen LogP contribution in [0.2, 0.25) is 0 Å². The van der Waals surface area contributed by atoms with Crippen LogP contribution >= 0.6 is 0 Å². The van der Waals surface area contributed by atoms with Gasteiger partial charge >= 0.3 is 0 Å². The molecule has 1 N–H and O–H groups in total. The molecular weight excluding hydrogens is 256 g/mol. The maximum atomic E-state index is 2.49. The molecule has 0 radical (unpaired) electrons. The third kappa shape index (κ3) is 3.17. The Hall–Kier alpha value is -2.06. The lowest BCUT2D eigenvalue weighted by atomic mass is 10.2. The summed E-state index contributed by atoms with van der Waals surface area (Å²) in [6.45, 7) is 7.63. The minimum Gasteiger partial charge on any atom is -0.319 e. The van der Waals surface area contributed by atoms with Crippen LogP contribution in [0.3, 0.4) is 0 Å². The first-order valence-corrected chi connectivity index (χ1v) is 7.59. The van der Waals surface area contributed by atoms with E-state index >= 15 is 0 Å². The van der Waals surface area contributed by atoms with Gasteiger partial charge in [-0.25, -0.2) is 0 Å². The normalized spacial score (nSPS) is 18.4. The van der Waals surface area contributed by atoms with E-state index in [-0.39, 0.29) is 0 Å². The molecule has 0 aromatic heterocycles. The molecule has 2 aromatic carbocycles. The number of hydrogen-bond acceptors (Lipinski definition) is 1. The smallest absolute Gasteiger partial charge is 0.157 e. The molecule has 0 fully saturated rings. The highest BCUT2D eigenvalue weighted by Crippen LogP contribution is 2.15. The lowest BCUT2D eigenvalue weighted by Crippen LogP contribution is -3.08. The molecule has 2 nitrogen and oxygen atoms in total. The third-order valence-electron chi connectivity index (χ3n) is 4.41. The van der Waals surface area contributed by atoms with Gasteiger partial charge in [0.2, 0.25) is 0 Å². The van der Waals surface area contributed by atoms with Crippen LogP contribution in [-0.4, -0.2) is 11.6 Å². The molecule has 0 saturated carbocycles. The first kappa shape index (κ1) is 13.9. The van der Waals surface area contributed by atoms with Crippen LogP contribution in [0.15, 0.2) is 72.1 Å². The second-order valence-corrected chi connectivity index (χ2v) is 5.82. The summed E-state index contributed by atoms with van der Waals surface area (Å²) in [6, 6.07) is 21.5. The molecule has 0 bridgehead atoms. The van der Waals surface area contributed by atoms with Crippen molar-refractivity contribution in [3.8, 4) is 0 Å². The minimum absolute atomic E-state index is 1.00. The van der Waals surface area contributed by atoms with E-state index in [1.807, 2.05) is 0 Å². The number of nitrogens with zero attached hydrogens (tertiary/aromatic N) is 1. The van der Waals surface area contributed by atoms with Crippen molar-refractivity contribution in [2.45, 2.75) is 26.9 Å². The van der Waals surface area contributed by atoms with Crippen molar-refractivity contribution in [3.05, 3.63) is 83.2 Å². The summed E-state index contributed by atoms with van der Waals surface area (Å²) < 4.78 is 0. The number of allylic oxidation sites excluding steroid dienone is 2. The van der Waals surface area contributed by atoms with Crippen LogP contribution in [0.25, 0.3) is 0 Å². The van der Waals surface area contributed by atoms with Crippen LogP contribution in [0, 0.1) is 0 Å². The van der Waals surface area contributed by atoms with Crippen molar-refractivity contribution in [1.82, 2.24) is 4.90 Å². The predicted octanol–water partition coefficient (Wildman–Crippen LogP) is 2.80. The van der Waals surface area contributed by atoms with Crippen LogP contribution in [0.5, 0.6) is 0 Å². The van der Waals surface area contributed by atoms with Crippen molar-refractivity contribution < 1.29 is 4.90 Å². The summed E-state index contributed by atoms with van der Waals surface area (Å²) in [5, 5.41) is 0. The number of quaternary nitrogens is 1. The van der Waals surface area contributed by atoms with E-state index in [1.54, 1.807) is 4.90 Å². The fourth-order valence-electron chi connectivity index (χ4n) is 2.97. The van der Waals surface area contributed by atoms with E-state index in [0.29, 0.717) is 0 Å². The van der Waals surface area contributed by atoms with E-state index in [4.69, 9.17) is 0 Å². The number of nitrogens with one attached hydrogen (secondary N) is 1. The van der Waals surface area contributed by atoms with E-state index in [0.717, 1.165) is 19.8 Å². The molecule has 21 heavy (non-hydrogen) atoms. The molecule has 1 unspecified atom stereocenters. The van der Waals surface area contributed by atoms with Crippen molar-refractivity contribution in [2.75, 3.05) is 6.67 Å². The van der Waals surface area contributed by atoms with E-state index < -0.39 is 0 Å². The molecule has 1 atom stereocenters. The maximum absolute atomic E-state index is 2.49. The summed E-state index contributed by atoms with van der Waals surface area (Å²) >= 11 is 0. The molecule has 2 heteroatoms. The zero-order valence-electron chi connectivity index (χ0n) is 12.8. The Morgan fingerprint density at radius 2 is 1.43 bits per heavy atom. The van der Waals surface area contributed by atoms with Crippen LogP contribution in [0.1, 0.15) is 25.0 Å². The summed E-state index contributed by atoms with van der Waals surface area (Å²) in [5.41, 5.74) is 5.67. The maximum Gasteiger partial charge on any atom is 0.157 e. The Morgan fingerprint density at radius 3 is 2.05 bits per heavy atom. The van der Waals surface area contributed by atoms with Crippen molar-refractivity contribution in [3.63, 3.8) is 0 Å². The van der Waals surface area contributed by atoms with Crippen LogP contribution < -0.4 is 4.90 Å². The molecule has 1 heterocycles. The second-order valence-electron chi connectivity index (χ2n) is 5.82. The topological polar surface area (TPSA) is 7.68 Å². The Morgan fingerprint density at radius 1 is 0.857 bits per heavy atom. The summed E-state index contributed by atoms with van der Waals surface area (Å²) in [5.74, 6) is 0. The van der Waals surface area contributed by atoms with Gasteiger partial charge in [-0.05, 0) is 12.5 Å². The molecule has 0 aliphatic carbocycles. The van der Waals surface area contributed by atoms with Gasteiger partial charge in [-0.15, -0.1) is 0 Å². The van der Waals surface area contributed by atoms with Crippen molar-refractivity contribution in [1.29, 1.82) is 0 Å². The highest BCUT2D eigenvalue weighted by Gasteiger charge is 2.28. The van der Waals surface area contributed by atoms with Crippen LogP contribution in [0.4, 0.5) is 0 Å². The first-order valence-electron chi connectivity index (χ1n) is 7.59. The number of benzene rings is 2. The first-order chi connectivity index (χ1) is 10.2. The average Bonchev–Trinajstić information content (AvgIpc) is 2.78. The number of rotatable bonds is 4. The Balaban J connectivity index is 1.70. The van der Waals surface area contributed by atoms with Gasteiger partial charge in [-0.1, -0.05) is 60.7 Å². The zero-order chi connectivity index (χ0) is 14.7.